The summed E-state index contributed by atoms with van der Waals surface area (Å²) in [4.78, 5) is 11.3. The number of nitrogens with one attached hydrogen (secondary N) is 1. The quantitative estimate of drug-likeness (QED) is 0.676. The van der Waals surface area contributed by atoms with Crippen LogP contribution in [0, 0.1) is 0 Å². The van der Waals surface area contributed by atoms with Gasteiger partial charge in [0.25, 0.3) is 0 Å². The highest BCUT2D eigenvalue weighted by Crippen LogP contribution is 2.30. The maximum absolute atomic E-state index is 10.1. The summed E-state index contributed by atoms with van der Waals surface area (Å²) in [5.74, 6) is 1.37. The largest absolute Gasteiger partial charge is 0.497 e. The first-order valence-electron chi connectivity index (χ1n) is 10.1. The number of hydrogen-bond acceptors (Lipinski definition) is 8. The molecule has 2 fully saturated rings. The van der Waals surface area contributed by atoms with Crippen LogP contribution in [-0.4, -0.2) is 66.9 Å². The van der Waals surface area contributed by atoms with E-state index in [0.717, 1.165) is 50.1 Å². The minimum absolute atomic E-state index is 0.281. The zero-order chi connectivity index (χ0) is 19.8. The van der Waals surface area contributed by atoms with Crippen LogP contribution in [0.4, 0.5) is 5.95 Å². The molecule has 1 aromatic carbocycles. The van der Waals surface area contributed by atoms with Crippen LogP contribution in [0.2, 0.25) is 0 Å². The number of likely N-dealkylation sites (tertiary alicyclic amines) is 1. The van der Waals surface area contributed by atoms with Gasteiger partial charge < -0.3 is 15.2 Å². The summed E-state index contributed by atoms with van der Waals surface area (Å²) in [7, 11) is 1.64. The molecule has 29 heavy (non-hydrogen) atoms. The average molecular weight is 395 g/mol. The van der Waals surface area contributed by atoms with Gasteiger partial charge in [-0.2, -0.15) is 9.67 Å². The maximum Gasteiger partial charge on any atom is 0.225 e. The van der Waals surface area contributed by atoms with Crippen molar-refractivity contribution in [3.05, 3.63) is 30.5 Å². The highest BCUT2D eigenvalue weighted by molar-refractivity contribution is 5.72. The van der Waals surface area contributed by atoms with Crippen LogP contribution >= 0.6 is 0 Å². The second kappa shape index (κ2) is 7.57. The van der Waals surface area contributed by atoms with E-state index in [2.05, 4.69) is 30.5 Å². The van der Waals surface area contributed by atoms with Crippen molar-refractivity contribution >= 4 is 17.1 Å². The molecular formula is C20H25N7O2. The molecule has 9 nitrogen and oxygen atoms in total. The molecule has 3 atom stereocenters. The van der Waals surface area contributed by atoms with Crippen LogP contribution in [0.3, 0.4) is 0 Å². The van der Waals surface area contributed by atoms with Crippen LogP contribution in [-0.2, 0) is 0 Å². The topological polar surface area (TPSA) is 101 Å². The van der Waals surface area contributed by atoms with Gasteiger partial charge in [0.05, 0.1) is 19.0 Å². The molecule has 1 aliphatic carbocycles. The first kappa shape index (κ1) is 18.3. The Bertz CT molecular complexity index is 990. The molecular weight excluding hydrogens is 370 g/mol. The number of benzene rings is 1. The number of rotatable bonds is 5. The molecule has 2 aromatic heterocycles. The number of aliphatic hydroxyl groups is 1. The minimum Gasteiger partial charge on any atom is -0.497 e. The molecule has 2 N–H and O–H groups in total. The van der Waals surface area contributed by atoms with E-state index in [1.165, 1.54) is 0 Å². The van der Waals surface area contributed by atoms with Gasteiger partial charge in [-0.1, -0.05) is 5.21 Å². The van der Waals surface area contributed by atoms with E-state index in [0.29, 0.717) is 29.2 Å². The summed E-state index contributed by atoms with van der Waals surface area (Å²) in [5.41, 5.74) is 2.18. The van der Waals surface area contributed by atoms with Gasteiger partial charge >= 0.3 is 0 Å². The normalized spacial score (nSPS) is 25.0. The van der Waals surface area contributed by atoms with Crippen molar-refractivity contribution in [2.75, 3.05) is 19.0 Å². The van der Waals surface area contributed by atoms with Crippen molar-refractivity contribution in [1.82, 2.24) is 29.9 Å². The Labute approximate surface area is 168 Å². The number of anilines is 1. The fourth-order valence-corrected chi connectivity index (χ4v) is 4.46. The lowest BCUT2D eigenvalue weighted by Gasteiger charge is -2.27. The van der Waals surface area contributed by atoms with Crippen molar-refractivity contribution in [1.29, 1.82) is 0 Å². The summed E-state index contributed by atoms with van der Waals surface area (Å²) in [6.45, 7) is 0.994. The molecule has 5 rings (SSSR count). The molecule has 0 spiro atoms. The Hall–Kier alpha value is -2.78. The molecule has 152 valence electrons. The summed E-state index contributed by atoms with van der Waals surface area (Å²) >= 11 is 0. The predicted molar refractivity (Wildman–Crippen MR) is 108 cm³/mol. The molecule has 0 radical (unpaired) electrons. The van der Waals surface area contributed by atoms with Crippen LogP contribution in [0.1, 0.15) is 32.1 Å². The number of methoxy groups -OCH3 is 1. The van der Waals surface area contributed by atoms with E-state index >= 15 is 0 Å². The molecule has 3 aromatic rings. The first-order valence-corrected chi connectivity index (χ1v) is 10.1. The van der Waals surface area contributed by atoms with E-state index < -0.39 is 0 Å². The van der Waals surface area contributed by atoms with Crippen molar-refractivity contribution in [3.63, 3.8) is 0 Å². The standard InChI is InChI=1S/C20H25N7O2/c1-29-16-8-6-14(7-9-16)27-19-17(24-25-27)12-21-20(23-19)22-13-4-5-15(11-13)26-10-2-3-18(26)28/h6-9,12-13,15,18,28H,2-5,10-11H2,1H3,(H,21,22,23)/t13-,15-,18?/m1/s1. The molecule has 3 heterocycles. The third-order valence-corrected chi connectivity index (χ3v) is 5.98. The molecule has 2 aliphatic rings. The number of fused-ring (bicyclic) bond motifs is 1. The van der Waals surface area contributed by atoms with Crippen LogP contribution in [0.25, 0.3) is 16.9 Å². The number of nitrogens with zero attached hydrogens (tertiary/aromatic N) is 6. The van der Waals surface area contributed by atoms with E-state index in [1.807, 2.05) is 24.3 Å². The Balaban J connectivity index is 1.33. The summed E-state index contributed by atoms with van der Waals surface area (Å²) in [6, 6.07) is 8.34. The SMILES string of the molecule is COc1ccc(-n2nnc3cnc(N[C@@H]4CC[C@@H](N5CCCC5O)C4)nc32)cc1. The predicted octanol–water partition coefficient (Wildman–Crippen LogP) is 1.97. The van der Waals surface area contributed by atoms with Crippen LogP contribution in [0.5, 0.6) is 5.75 Å². The molecule has 9 heteroatoms. The third kappa shape index (κ3) is 3.51. The molecule has 1 saturated heterocycles. The lowest BCUT2D eigenvalue weighted by molar-refractivity contribution is 0.0101. The summed E-state index contributed by atoms with van der Waals surface area (Å²) in [6.07, 6.45) is 6.52. The van der Waals surface area contributed by atoms with Gasteiger partial charge in [0.15, 0.2) is 11.2 Å². The van der Waals surface area contributed by atoms with E-state index in [1.54, 1.807) is 18.0 Å². The van der Waals surface area contributed by atoms with Crippen molar-refractivity contribution in [2.45, 2.75) is 50.4 Å². The van der Waals surface area contributed by atoms with Crippen molar-refractivity contribution < 1.29 is 9.84 Å². The number of ether oxygens (including phenoxy) is 1. The fraction of sp³-hybridized carbons (Fsp3) is 0.500. The molecule has 1 aliphatic heterocycles. The lowest BCUT2D eigenvalue weighted by atomic mass is 10.2. The second-order valence-corrected chi connectivity index (χ2v) is 7.77. The van der Waals surface area contributed by atoms with Crippen molar-refractivity contribution in [2.24, 2.45) is 0 Å². The number of aromatic nitrogens is 5. The number of aliphatic hydroxyl groups excluding tert-OH is 1. The number of hydrogen-bond donors (Lipinski definition) is 2. The summed E-state index contributed by atoms with van der Waals surface area (Å²) < 4.78 is 6.93. The Kier molecular flexibility index (Phi) is 4.76. The van der Waals surface area contributed by atoms with Crippen molar-refractivity contribution in [3.8, 4) is 11.4 Å². The first-order chi connectivity index (χ1) is 14.2. The summed E-state index contributed by atoms with van der Waals surface area (Å²) in [5, 5.41) is 22.0. The third-order valence-electron chi connectivity index (χ3n) is 5.98. The monoisotopic (exact) mass is 395 g/mol. The lowest BCUT2D eigenvalue weighted by Crippen LogP contribution is -2.38. The Morgan fingerprint density at radius 1 is 1.17 bits per heavy atom. The second-order valence-electron chi connectivity index (χ2n) is 7.77. The van der Waals surface area contributed by atoms with Gasteiger partial charge in [-0.15, -0.1) is 5.10 Å². The smallest absolute Gasteiger partial charge is 0.225 e. The van der Waals surface area contributed by atoms with E-state index in [9.17, 15) is 5.11 Å². The molecule has 0 bridgehead atoms. The Morgan fingerprint density at radius 2 is 2.03 bits per heavy atom. The zero-order valence-corrected chi connectivity index (χ0v) is 16.4. The van der Waals surface area contributed by atoms with Gasteiger partial charge in [0, 0.05) is 18.6 Å². The average Bonchev–Trinajstić information content (AvgIpc) is 3.47. The van der Waals surface area contributed by atoms with Gasteiger partial charge in [0.2, 0.25) is 5.95 Å². The fourth-order valence-electron chi connectivity index (χ4n) is 4.46. The van der Waals surface area contributed by atoms with Gasteiger partial charge in [-0.05, 0) is 56.4 Å². The van der Waals surface area contributed by atoms with E-state index in [4.69, 9.17) is 4.74 Å². The van der Waals surface area contributed by atoms with Crippen LogP contribution < -0.4 is 10.1 Å². The maximum atomic E-state index is 10.1. The molecule has 0 amide bonds. The zero-order valence-electron chi connectivity index (χ0n) is 16.4. The van der Waals surface area contributed by atoms with Gasteiger partial charge in [0.1, 0.15) is 12.0 Å². The van der Waals surface area contributed by atoms with E-state index in [-0.39, 0.29) is 6.23 Å². The molecule has 1 saturated carbocycles. The van der Waals surface area contributed by atoms with Gasteiger partial charge in [-0.25, -0.2) is 4.98 Å². The van der Waals surface area contributed by atoms with Crippen LogP contribution in [0.15, 0.2) is 30.5 Å². The highest BCUT2D eigenvalue weighted by Gasteiger charge is 2.35. The highest BCUT2D eigenvalue weighted by atomic mass is 16.5. The Morgan fingerprint density at radius 3 is 2.79 bits per heavy atom. The minimum atomic E-state index is -0.281. The van der Waals surface area contributed by atoms with Gasteiger partial charge in [-0.3, -0.25) is 4.90 Å². The molecule has 1 unspecified atom stereocenters.